The van der Waals surface area contributed by atoms with Crippen molar-refractivity contribution in [2.75, 3.05) is 0 Å². The Kier molecular flexibility index (Phi) is 5.48. The molecule has 1 aliphatic heterocycles. The number of furan rings is 1. The van der Waals surface area contributed by atoms with Crippen molar-refractivity contribution in [3.63, 3.8) is 0 Å². The average Bonchev–Trinajstić information content (AvgIpc) is 3.39. The summed E-state index contributed by atoms with van der Waals surface area (Å²) in [5, 5.41) is 2.90. The highest BCUT2D eigenvalue weighted by Gasteiger charge is 2.36. The maximum Gasteiger partial charge on any atom is 0.290 e. The van der Waals surface area contributed by atoms with Gasteiger partial charge in [-0.1, -0.05) is 54.2 Å². The predicted octanol–water partition coefficient (Wildman–Crippen LogP) is 4.54. The zero-order valence-corrected chi connectivity index (χ0v) is 19.0. The maximum atomic E-state index is 13.7. The average molecular weight is 464 g/mol. The fourth-order valence-corrected chi connectivity index (χ4v) is 5.95. The van der Waals surface area contributed by atoms with E-state index in [2.05, 4.69) is 4.98 Å². The summed E-state index contributed by atoms with van der Waals surface area (Å²) in [4.78, 5) is 32.1. The maximum absolute atomic E-state index is 13.7. The number of benzene rings is 2. The molecule has 2 aromatic carbocycles. The van der Waals surface area contributed by atoms with E-state index >= 15 is 0 Å². The zero-order chi connectivity index (χ0) is 22.2. The number of nitrogens with zero attached hydrogens (tertiary/aromatic N) is 2. The summed E-state index contributed by atoms with van der Waals surface area (Å²) in [5.74, 6) is -0.0300. The molecule has 8 heteroatoms. The molecule has 2 amide bonds. The van der Waals surface area contributed by atoms with Crippen molar-refractivity contribution in [1.82, 2.24) is 9.88 Å². The Bertz CT molecular complexity index is 1330. The third-order valence-electron chi connectivity index (χ3n) is 5.67. The number of hydrogen-bond acceptors (Lipinski definition) is 6. The van der Waals surface area contributed by atoms with Gasteiger partial charge in [-0.2, -0.15) is 0 Å². The van der Waals surface area contributed by atoms with E-state index < -0.39 is 11.9 Å². The molecule has 0 radical (unpaired) electrons. The summed E-state index contributed by atoms with van der Waals surface area (Å²) in [7, 11) is 0. The molecule has 0 unspecified atom stereocenters. The van der Waals surface area contributed by atoms with E-state index in [-0.39, 0.29) is 11.7 Å². The summed E-state index contributed by atoms with van der Waals surface area (Å²) in [6, 6.07) is 14.7. The van der Waals surface area contributed by atoms with Crippen molar-refractivity contribution < 1.29 is 14.0 Å². The second-order valence-electron chi connectivity index (χ2n) is 7.77. The van der Waals surface area contributed by atoms with Crippen LogP contribution in [0.1, 0.15) is 32.9 Å². The van der Waals surface area contributed by atoms with Crippen molar-refractivity contribution in [2.45, 2.75) is 36.0 Å². The van der Waals surface area contributed by atoms with Crippen LogP contribution in [0.15, 0.2) is 62.7 Å². The first-order chi connectivity index (χ1) is 15.5. The van der Waals surface area contributed by atoms with Crippen LogP contribution in [0, 0.1) is 6.92 Å². The summed E-state index contributed by atoms with van der Waals surface area (Å²) >= 11 is 3.15. The summed E-state index contributed by atoms with van der Waals surface area (Å²) in [6.07, 6.45) is 0.403. The SMILES string of the molecule is Cc1csc(SCc2c(C(=O)N3Cc4ccccc4C[C@H]3C(N)=O)oc3ccccc23)n1. The number of para-hydroxylation sites is 1. The zero-order valence-electron chi connectivity index (χ0n) is 17.4. The van der Waals surface area contributed by atoms with Crippen molar-refractivity contribution in [1.29, 1.82) is 0 Å². The Balaban J connectivity index is 1.53. The molecule has 2 N–H and O–H groups in total. The first kappa shape index (κ1) is 20.8. The van der Waals surface area contributed by atoms with E-state index in [1.807, 2.05) is 60.8 Å². The number of thioether (sulfide) groups is 1. The first-order valence-corrected chi connectivity index (χ1v) is 12.1. The number of primary amides is 1. The lowest BCUT2D eigenvalue weighted by Crippen LogP contribution is -2.51. The first-order valence-electron chi connectivity index (χ1n) is 10.2. The number of carbonyl (C=O) groups excluding carboxylic acids is 2. The molecule has 1 atom stereocenters. The second kappa shape index (κ2) is 8.44. The van der Waals surface area contributed by atoms with Crippen LogP contribution in [-0.2, 0) is 23.5 Å². The molecule has 1 aliphatic rings. The third-order valence-corrected chi connectivity index (χ3v) is 7.83. The van der Waals surface area contributed by atoms with Gasteiger partial charge in [0.15, 0.2) is 5.76 Å². The Morgan fingerprint density at radius 1 is 1.19 bits per heavy atom. The number of thiazole rings is 1. The van der Waals surface area contributed by atoms with Gasteiger partial charge >= 0.3 is 0 Å². The number of fused-ring (bicyclic) bond motifs is 2. The van der Waals surface area contributed by atoms with Crippen molar-refractivity contribution in [3.05, 3.63) is 82.1 Å². The number of carbonyl (C=O) groups is 2. The Morgan fingerprint density at radius 3 is 2.69 bits per heavy atom. The number of aryl methyl sites for hydroxylation is 1. The Morgan fingerprint density at radius 2 is 1.94 bits per heavy atom. The molecule has 0 saturated carbocycles. The quantitative estimate of drug-likeness (QED) is 0.439. The van der Waals surface area contributed by atoms with Crippen LogP contribution in [0.25, 0.3) is 11.0 Å². The molecule has 3 heterocycles. The van der Waals surface area contributed by atoms with Crippen molar-refractivity contribution in [3.8, 4) is 0 Å². The van der Waals surface area contributed by atoms with Gasteiger partial charge < -0.3 is 15.1 Å². The molecular formula is C24H21N3O3S2. The van der Waals surface area contributed by atoms with Crippen LogP contribution >= 0.6 is 23.1 Å². The minimum Gasteiger partial charge on any atom is -0.451 e. The largest absolute Gasteiger partial charge is 0.451 e. The Hall–Kier alpha value is -3.10. The molecule has 0 fully saturated rings. The summed E-state index contributed by atoms with van der Waals surface area (Å²) in [6.45, 7) is 2.28. The molecule has 6 nitrogen and oxygen atoms in total. The van der Waals surface area contributed by atoms with E-state index in [0.717, 1.165) is 32.1 Å². The van der Waals surface area contributed by atoms with Gasteiger partial charge in [-0.05, 0) is 24.1 Å². The van der Waals surface area contributed by atoms with E-state index in [9.17, 15) is 9.59 Å². The Labute approximate surface area is 193 Å². The van der Waals surface area contributed by atoms with Crippen LogP contribution in [0.4, 0.5) is 0 Å². The van der Waals surface area contributed by atoms with Crippen molar-refractivity contribution in [2.24, 2.45) is 5.73 Å². The lowest BCUT2D eigenvalue weighted by atomic mass is 9.93. The highest BCUT2D eigenvalue weighted by Crippen LogP contribution is 2.35. The molecule has 4 aromatic rings. The van der Waals surface area contributed by atoms with Gasteiger partial charge in [0, 0.05) is 40.7 Å². The highest BCUT2D eigenvalue weighted by atomic mass is 32.2. The van der Waals surface area contributed by atoms with Crippen LogP contribution < -0.4 is 5.73 Å². The summed E-state index contributed by atoms with van der Waals surface area (Å²) in [5.41, 5.74) is 10.2. The van der Waals surface area contributed by atoms with E-state index in [4.69, 9.17) is 10.2 Å². The molecule has 0 spiro atoms. The smallest absolute Gasteiger partial charge is 0.290 e. The van der Waals surface area contributed by atoms with Gasteiger partial charge in [0.25, 0.3) is 5.91 Å². The number of aromatic nitrogens is 1. The topological polar surface area (TPSA) is 89.4 Å². The monoisotopic (exact) mass is 463 g/mol. The normalized spacial score (nSPS) is 15.7. The standard InChI is InChI=1S/C24H21N3O3S2/c1-14-12-31-24(26-14)32-13-18-17-8-4-5-9-20(17)30-21(18)23(29)27-11-16-7-3-2-6-15(16)10-19(27)22(25)28/h2-9,12,19H,10-11,13H2,1H3,(H2,25,28)/t19-/m0/s1. The number of nitrogens with two attached hydrogens (primary N) is 1. The third kappa shape index (κ3) is 3.80. The molecule has 0 aliphatic carbocycles. The minimum absolute atomic E-state index is 0.262. The highest BCUT2D eigenvalue weighted by molar-refractivity contribution is 8.00. The van der Waals surface area contributed by atoms with Crippen LogP contribution in [0.5, 0.6) is 0 Å². The number of amides is 2. The molecule has 32 heavy (non-hydrogen) atoms. The summed E-state index contributed by atoms with van der Waals surface area (Å²) < 4.78 is 6.99. The molecule has 162 valence electrons. The van der Waals surface area contributed by atoms with Gasteiger partial charge in [0.2, 0.25) is 5.91 Å². The lowest BCUT2D eigenvalue weighted by Gasteiger charge is -2.34. The van der Waals surface area contributed by atoms with Gasteiger partial charge in [-0.3, -0.25) is 9.59 Å². The van der Waals surface area contributed by atoms with Crippen LogP contribution in [0.2, 0.25) is 0 Å². The predicted molar refractivity (Wildman–Crippen MR) is 126 cm³/mol. The molecular weight excluding hydrogens is 442 g/mol. The van der Waals surface area contributed by atoms with E-state index in [0.29, 0.717) is 24.3 Å². The lowest BCUT2D eigenvalue weighted by molar-refractivity contribution is -0.122. The van der Waals surface area contributed by atoms with Gasteiger partial charge in [0.1, 0.15) is 16.0 Å². The van der Waals surface area contributed by atoms with Crippen LogP contribution in [-0.4, -0.2) is 27.7 Å². The van der Waals surface area contributed by atoms with E-state index in [1.54, 1.807) is 28.0 Å². The fourth-order valence-electron chi connectivity index (χ4n) is 4.07. The minimum atomic E-state index is -0.715. The number of hydrogen-bond donors (Lipinski definition) is 1. The van der Waals surface area contributed by atoms with Gasteiger partial charge in [-0.15, -0.1) is 11.3 Å². The van der Waals surface area contributed by atoms with Crippen molar-refractivity contribution >= 4 is 45.9 Å². The second-order valence-corrected chi connectivity index (χ2v) is 9.85. The fraction of sp³-hybridized carbons (Fsp3) is 0.208. The molecule has 2 aromatic heterocycles. The molecule has 5 rings (SSSR count). The number of rotatable bonds is 5. The molecule has 0 saturated heterocycles. The molecule has 0 bridgehead atoms. The van der Waals surface area contributed by atoms with Crippen LogP contribution in [0.3, 0.4) is 0 Å². The van der Waals surface area contributed by atoms with E-state index in [1.165, 1.54) is 0 Å². The van der Waals surface area contributed by atoms with Gasteiger partial charge in [-0.25, -0.2) is 4.98 Å². The van der Waals surface area contributed by atoms with Gasteiger partial charge in [0.05, 0.1) is 0 Å².